The molecule has 0 aromatic carbocycles. The second-order valence-electron chi connectivity index (χ2n) is 4.39. The fourth-order valence-electron chi connectivity index (χ4n) is 2.47. The van der Waals surface area contributed by atoms with Gasteiger partial charge in [-0.2, -0.15) is 4.98 Å². The molecule has 1 N–H and O–H groups in total. The van der Waals surface area contributed by atoms with E-state index in [0.717, 1.165) is 18.1 Å². The zero-order chi connectivity index (χ0) is 10.7. The van der Waals surface area contributed by atoms with Crippen molar-refractivity contribution in [2.45, 2.75) is 51.0 Å². The van der Waals surface area contributed by atoms with Gasteiger partial charge in [0.15, 0.2) is 5.82 Å². The summed E-state index contributed by atoms with van der Waals surface area (Å²) >= 11 is 0. The summed E-state index contributed by atoms with van der Waals surface area (Å²) in [6, 6.07) is 0. The summed E-state index contributed by atoms with van der Waals surface area (Å²) in [7, 11) is 1.89. The van der Waals surface area contributed by atoms with Crippen LogP contribution >= 0.6 is 0 Å². The second-order valence-corrected chi connectivity index (χ2v) is 4.39. The molecule has 0 spiro atoms. The van der Waals surface area contributed by atoms with E-state index in [1.54, 1.807) is 0 Å². The Labute approximate surface area is 90.4 Å². The number of rotatable bonds is 4. The van der Waals surface area contributed by atoms with Crippen molar-refractivity contribution in [2.24, 2.45) is 0 Å². The third-order valence-electron chi connectivity index (χ3n) is 3.49. The number of hydrogen-bond acceptors (Lipinski definition) is 4. The van der Waals surface area contributed by atoms with Gasteiger partial charge in [0.25, 0.3) is 0 Å². The van der Waals surface area contributed by atoms with E-state index in [-0.39, 0.29) is 5.41 Å². The van der Waals surface area contributed by atoms with Crippen LogP contribution < -0.4 is 5.32 Å². The van der Waals surface area contributed by atoms with Crippen LogP contribution in [-0.4, -0.2) is 17.2 Å². The summed E-state index contributed by atoms with van der Waals surface area (Å²) in [6.45, 7) is 2.90. The first-order chi connectivity index (χ1) is 7.30. The molecule has 0 amide bonds. The van der Waals surface area contributed by atoms with E-state index >= 15 is 0 Å². The van der Waals surface area contributed by atoms with E-state index in [4.69, 9.17) is 4.52 Å². The highest BCUT2D eigenvalue weighted by molar-refractivity contribution is 5.07. The highest BCUT2D eigenvalue weighted by Gasteiger charge is 2.38. The number of nitrogens with one attached hydrogen (secondary N) is 1. The van der Waals surface area contributed by atoms with E-state index in [1.807, 2.05) is 7.05 Å². The van der Waals surface area contributed by atoms with Crippen LogP contribution in [0.15, 0.2) is 4.52 Å². The largest absolute Gasteiger partial charge is 0.339 e. The van der Waals surface area contributed by atoms with Crippen molar-refractivity contribution in [1.29, 1.82) is 0 Å². The number of aromatic nitrogens is 2. The minimum absolute atomic E-state index is 0.180. The Morgan fingerprint density at radius 1 is 1.40 bits per heavy atom. The van der Waals surface area contributed by atoms with E-state index < -0.39 is 0 Å². The molecule has 1 fully saturated rings. The summed E-state index contributed by atoms with van der Waals surface area (Å²) in [5.74, 6) is 1.62. The van der Waals surface area contributed by atoms with Gasteiger partial charge in [-0.25, -0.2) is 0 Å². The lowest BCUT2D eigenvalue weighted by Crippen LogP contribution is -2.21. The smallest absolute Gasteiger partial charge is 0.232 e. The molecule has 4 heteroatoms. The Kier molecular flexibility index (Phi) is 3.05. The first-order valence-corrected chi connectivity index (χ1v) is 5.78. The molecule has 1 aromatic rings. The van der Waals surface area contributed by atoms with Crippen LogP contribution in [0.3, 0.4) is 0 Å². The lowest BCUT2D eigenvalue weighted by Gasteiger charge is -2.21. The Balaban J connectivity index is 2.19. The fraction of sp³-hybridized carbons (Fsp3) is 0.818. The normalized spacial score (nSPS) is 19.6. The summed E-state index contributed by atoms with van der Waals surface area (Å²) in [5.41, 5.74) is 0.180. The van der Waals surface area contributed by atoms with Crippen molar-refractivity contribution in [3.63, 3.8) is 0 Å². The molecule has 4 nitrogen and oxygen atoms in total. The molecular weight excluding hydrogens is 190 g/mol. The molecule has 1 heterocycles. The second kappa shape index (κ2) is 4.31. The van der Waals surface area contributed by atoms with Gasteiger partial charge in [-0.3, -0.25) is 0 Å². The minimum Gasteiger partial charge on any atom is -0.339 e. The van der Waals surface area contributed by atoms with Gasteiger partial charge in [0.2, 0.25) is 5.89 Å². The predicted molar refractivity (Wildman–Crippen MR) is 57.5 cm³/mol. The lowest BCUT2D eigenvalue weighted by molar-refractivity contribution is 0.271. The molecule has 84 valence electrons. The highest BCUT2D eigenvalue weighted by atomic mass is 16.5. The first-order valence-electron chi connectivity index (χ1n) is 5.78. The Morgan fingerprint density at radius 3 is 2.73 bits per heavy atom. The van der Waals surface area contributed by atoms with Crippen LogP contribution in [0.2, 0.25) is 0 Å². The van der Waals surface area contributed by atoms with Crippen molar-refractivity contribution in [3.8, 4) is 0 Å². The van der Waals surface area contributed by atoms with E-state index in [1.165, 1.54) is 25.7 Å². The Bertz CT molecular complexity index is 315. The maximum Gasteiger partial charge on any atom is 0.232 e. The molecule has 15 heavy (non-hydrogen) atoms. The van der Waals surface area contributed by atoms with Gasteiger partial charge in [-0.1, -0.05) is 24.9 Å². The third-order valence-corrected chi connectivity index (χ3v) is 3.49. The van der Waals surface area contributed by atoms with Crippen LogP contribution in [0.4, 0.5) is 0 Å². The molecule has 0 aliphatic heterocycles. The maximum atomic E-state index is 5.39. The van der Waals surface area contributed by atoms with Crippen molar-refractivity contribution in [1.82, 2.24) is 15.5 Å². The van der Waals surface area contributed by atoms with Crippen LogP contribution in [0.5, 0.6) is 0 Å². The van der Waals surface area contributed by atoms with Crippen molar-refractivity contribution in [2.75, 3.05) is 7.05 Å². The number of hydrogen-bond donors (Lipinski definition) is 1. The van der Waals surface area contributed by atoms with E-state index in [0.29, 0.717) is 6.54 Å². The molecule has 1 aliphatic rings. The molecule has 0 radical (unpaired) electrons. The molecule has 0 bridgehead atoms. The van der Waals surface area contributed by atoms with Crippen molar-refractivity contribution >= 4 is 0 Å². The molecular formula is C11H19N3O. The van der Waals surface area contributed by atoms with Gasteiger partial charge < -0.3 is 9.84 Å². The Morgan fingerprint density at radius 2 is 2.13 bits per heavy atom. The van der Waals surface area contributed by atoms with E-state index in [2.05, 4.69) is 22.4 Å². The van der Waals surface area contributed by atoms with Gasteiger partial charge in [0.05, 0.1) is 6.54 Å². The Hall–Kier alpha value is -0.900. The molecule has 2 rings (SSSR count). The molecule has 0 atom stereocenters. The summed E-state index contributed by atoms with van der Waals surface area (Å²) in [5, 5.41) is 7.03. The van der Waals surface area contributed by atoms with Crippen LogP contribution in [0.1, 0.15) is 50.7 Å². The molecule has 0 unspecified atom stereocenters. The zero-order valence-electron chi connectivity index (χ0n) is 9.55. The average molecular weight is 209 g/mol. The van der Waals surface area contributed by atoms with Crippen molar-refractivity contribution in [3.05, 3.63) is 11.7 Å². The predicted octanol–water partition coefficient (Wildman–Crippen LogP) is 2.01. The SMILES string of the molecule is CCC1(c2nc(CNC)no2)CCCC1. The van der Waals surface area contributed by atoms with Gasteiger partial charge in [-0.15, -0.1) is 0 Å². The van der Waals surface area contributed by atoms with Gasteiger partial charge in [0, 0.05) is 5.41 Å². The fourth-order valence-corrected chi connectivity index (χ4v) is 2.47. The average Bonchev–Trinajstić information content (AvgIpc) is 2.86. The molecule has 1 aromatic heterocycles. The van der Waals surface area contributed by atoms with Gasteiger partial charge >= 0.3 is 0 Å². The van der Waals surface area contributed by atoms with Gasteiger partial charge in [0.1, 0.15) is 0 Å². The molecule has 1 aliphatic carbocycles. The summed E-state index contributed by atoms with van der Waals surface area (Å²) in [4.78, 5) is 4.48. The minimum atomic E-state index is 0.180. The van der Waals surface area contributed by atoms with Crippen molar-refractivity contribution < 1.29 is 4.52 Å². The first kappa shape index (κ1) is 10.6. The standard InChI is InChI=1S/C11H19N3O/c1-3-11(6-4-5-7-11)10-13-9(8-12-2)14-15-10/h12H,3-8H2,1-2H3. The quantitative estimate of drug-likeness (QED) is 0.824. The maximum absolute atomic E-state index is 5.39. The van der Waals surface area contributed by atoms with Crippen LogP contribution in [0, 0.1) is 0 Å². The molecule has 1 saturated carbocycles. The lowest BCUT2D eigenvalue weighted by atomic mass is 9.83. The third kappa shape index (κ3) is 1.91. The zero-order valence-corrected chi connectivity index (χ0v) is 9.55. The number of nitrogens with zero attached hydrogens (tertiary/aromatic N) is 2. The highest BCUT2D eigenvalue weighted by Crippen LogP contribution is 2.42. The monoisotopic (exact) mass is 209 g/mol. The van der Waals surface area contributed by atoms with Crippen LogP contribution in [-0.2, 0) is 12.0 Å². The molecule has 0 saturated heterocycles. The van der Waals surface area contributed by atoms with Gasteiger partial charge in [-0.05, 0) is 26.3 Å². The summed E-state index contributed by atoms with van der Waals surface area (Å²) in [6.07, 6.45) is 6.08. The topological polar surface area (TPSA) is 51.0 Å². The van der Waals surface area contributed by atoms with Crippen LogP contribution in [0.25, 0.3) is 0 Å². The summed E-state index contributed by atoms with van der Waals surface area (Å²) < 4.78 is 5.39. The van der Waals surface area contributed by atoms with E-state index in [9.17, 15) is 0 Å².